The van der Waals surface area contributed by atoms with Gasteiger partial charge < -0.3 is 5.11 Å². The van der Waals surface area contributed by atoms with Crippen molar-refractivity contribution in [3.63, 3.8) is 0 Å². The average Bonchev–Trinajstić information content (AvgIpc) is 2.72. The van der Waals surface area contributed by atoms with Crippen LogP contribution in [0.15, 0.2) is 10.3 Å². The van der Waals surface area contributed by atoms with E-state index in [2.05, 4.69) is 0 Å². The molecule has 0 saturated heterocycles. The number of carboxylic acid groups (broad SMARTS) is 1. The molecule has 0 amide bonds. The molecule has 1 N–H and O–H groups in total. The number of carboxylic acids is 1. The Morgan fingerprint density at radius 1 is 1.47 bits per heavy atom. The molecule has 19 heavy (non-hydrogen) atoms. The van der Waals surface area contributed by atoms with E-state index in [1.54, 1.807) is 13.8 Å². The molecular formula is C12H19NO4S2. The number of hydrogen-bond donors (Lipinski definition) is 1. The van der Waals surface area contributed by atoms with Crippen molar-refractivity contribution >= 4 is 27.3 Å². The fourth-order valence-electron chi connectivity index (χ4n) is 1.83. The maximum absolute atomic E-state index is 12.5. The topological polar surface area (TPSA) is 74.7 Å². The minimum Gasteiger partial charge on any atom is -0.477 e. The predicted molar refractivity (Wildman–Crippen MR) is 75.3 cm³/mol. The van der Waals surface area contributed by atoms with E-state index in [0.717, 1.165) is 11.3 Å². The van der Waals surface area contributed by atoms with Gasteiger partial charge in [-0.1, -0.05) is 13.8 Å². The van der Waals surface area contributed by atoms with E-state index in [9.17, 15) is 13.2 Å². The van der Waals surface area contributed by atoms with Crippen LogP contribution in [0.2, 0.25) is 0 Å². The van der Waals surface area contributed by atoms with Crippen LogP contribution in [0, 0.1) is 6.92 Å². The van der Waals surface area contributed by atoms with E-state index in [1.165, 1.54) is 10.4 Å². The molecule has 1 atom stereocenters. The summed E-state index contributed by atoms with van der Waals surface area (Å²) in [6, 6.07) is 1.33. The normalized spacial score (nSPS) is 13.7. The van der Waals surface area contributed by atoms with Crippen LogP contribution >= 0.6 is 11.3 Å². The smallest absolute Gasteiger partial charge is 0.346 e. The Morgan fingerprint density at radius 3 is 2.42 bits per heavy atom. The van der Waals surface area contributed by atoms with Crippen molar-refractivity contribution in [2.24, 2.45) is 0 Å². The summed E-state index contributed by atoms with van der Waals surface area (Å²) >= 11 is 0.817. The molecule has 0 aromatic carbocycles. The summed E-state index contributed by atoms with van der Waals surface area (Å²) in [5.41, 5.74) is 0.483. The first-order chi connectivity index (χ1) is 8.75. The van der Waals surface area contributed by atoms with Crippen molar-refractivity contribution < 1.29 is 18.3 Å². The van der Waals surface area contributed by atoms with E-state index in [1.807, 2.05) is 13.8 Å². The van der Waals surface area contributed by atoms with Gasteiger partial charge in [0, 0.05) is 12.6 Å². The number of rotatable bonds is 6. The van der Waals surface area contributed by atoms with Crippen molar-refractivity contribution in [1.82, 2.24) is 4.31 Å². The highest BCUT2D eigenvalue weighted by molar-refractivity contribution is 7.91. The minimum atomic E-state index is -3.61. The van der Waals surface area contributed by atoms with Gasteiger partial charge in [-0.25, -0.2) is 13.2 Å². The first-order valence-electron chi connectivity index (χ1n) is 6.11. The number of aromatic carboxylic acids is 1. The van der Waals surface area contributed by atoms with Gasteiger partial charge in [0.1, 0.15) is 9.09 Å². The molecule has 0 radical (unpaired) electrons. The molecule has 1 aromatic heterocycles. The molecule has 0 aliphatic rings. The van der Waals surface area contributed by atoms with Gasteiger partial charge in [-0.05, 0) is 31.9 Å². The Kier molecular flexibility index (Phi) is 5.11. The number of nitrogens with zero attached hydrogens (tertiary/aromatic N) is 1. The number of aryl methyl sites for hydroxylation is 1. The van der Waals surface area contributed by atoms with Crippen LogP contribution in [0.3, 0.4) is 0 Å². The maximum Gasteiger partial charge on any atom is 0.346 e. The van der Waals surface area contributed by atoms with Crippen LogP contribution in [-0.4, -0.2) is 36.4 Å². The highest BCUT2D eigenvalue weighted by Gasteiger charge is 2.29. The van der Waals surface area contributed by atoms with Crippen molar-refractivity contribution in [3.05, 3.63) is 16.5 Å². The maximum atomic E-state index is 12.5. The van der Waals surface area contributed by atoms with Gasteiger partial charge >= 0.3 is 5.97 Å². The fourth-order valence-corrected chi connectivity index (χ4v) is 5.05. The summed E-state index contributed by atoms with van der Waals surface area (Å²) in [5, 5.41) is 9.00. The second-order valence-electron chi connectivity index (χ2n) is 4.35. The van der Waals surface area contributed by atoms with Gasteiger partial charge in [0.25, 0.3) is 10.0 Å². The van der Waals surface area contributed by atoms with Crippen LogP contribution < -0.4 is 0 Å². The summed E-state index contributed by atoms with van der Waals surface area (Å²) in [6.45, 7) is 7.53. The molecule has 0 spiro atoms. The molecule has 0 aliphatic heterocycles. The van der Waals surface area contributed by atoms with Crippen molar-refractivity contribution in [2.75, 3.05) is 6.54 Å². The Morgan fingerprint density at radius 2 is 2.05 bits per heavy atom. The number of carbonyl (C=O) groups is 1. The summed E-state index contributed by atoms with van der Waals surface area (Å²) in [6.07, 6.45) is 0.712. The molecule has 1 rings (SSSR count). The van der Waals surface area contributed by atoms with Gasteiger partial charge in [-0.2, -0.15) is 4.31 Å². The third-order valence-corrected chi connectivity index (χ3v) is 6.81. The van der Waals surface area contributed by atoms with Crippen molar-refractivity contribution in [1.29, 1.82) is 0 Å². The van der Waals surface area contributed by atoms with E-state index in [0.29, 0.717) is 18.5 Å². The van der Waals surface area contributed by atoms with Crippen molar-refractivity contribution in [2.45, 2.75) is 44.4 Å². The highest BCUT2D eigenvalue weighted by Crippen LogP contribution is 2.29. The predicted octanol–water partition coefficient (Wildman–Crippen LogP) is 2.56. The van der Waals surface area contributed by atoms with Gasteiger partial charge in [0.15, 0.2) is 0 Å². The monoisotopic (exact) mass is 305 g/mol. The van der Waals surface area contributed by atoms with Gasteiger partial charge in [0.2, 0.25) is 0 Å². The highest BCUT2D eigenvalue weighted by atomic mass is 32.2. The lowest BCUT2D eigenvalue weighted by Crippen LogP contribution is -2.37. The quantitative estimate of drug-likeness (QED) is 0.876. The first-order valence-corrected chi connectivity index (χ1v) is 8.36. The number of sulfonamides is 1. The first kappa shape index (κ1) is 16.1. The second-order valence-corrected chi connectivity index (χ2v) is 7.52. The summed E-state index contributed by atoms with van der Waals surface area (Å²) in [5.74, 6) is -1.09. The SMILES string of the molecule is CCC(C)N(CC)S(=O)(=O)c1cc(C)c(C(=O)O)s1. The lowest BCUT2D eigenvalue weighted by molar-refractivity contribution is 0.0701. The zero-order valence-electron chi connectivity index (χ0n) is 11.5. The van der Waals surface area contributed by atoms with E-state index < -0.39 is 16.0 Å². The second kappa shape index (κ2) is 6.02. The standard InChI is InChI=1S/C12H19NO4S2/c1-5-9(4)13(6-2)19(16,17)10-7-8(3)11(18-10)12(14)15/h7,9H,5-6H2,1-4H3,(H,14,15). The molecular weight excluding hydrogens is 286 g/mol. The molecule has 1 aromatic rings. The average molecular weight is 305 g/mol. The number of thiophene rings is 1. The Balaban J connectivity index is 3.26. The Bertz CT molecular complexity index is 562. The van der Waals surface area contributed by atoms with Gasteiger partial charge in [-0.3, -0.25) is 0 Å². The van der Waals surface area contributed by atoms with Crippen LogP contribution in [0.25, 0.3) is 0 Å². The van der Waals surface area contributed by atoms with Crippen LogP contribution in [-0.2, 0) is 10.0 Å². The molecule has 0 fully saturated rings. The zero-order valence-corrected chi connectivity index (χ0v) is 13.1. The Hall–Kier alpha value is -0.920. The van der Waals surface area contributed by atoms with Gasteiger partial charge in [-0.15, -0.1) is 11.3 Å². The van der Waals surface area contributed by atoms with E-state index in [4.69, 9.17) is 5.11 Å². The van der Waals surface area contributed by atoms with E-state index >= 15 is 0 Å². The Labute approximate surface area is 117 Å². The molecule has 1 unspecified atom stereocenters. The molecule has 0 bridgehead atoms. The number of hydrogen-bond acceptors (Lipinski definition) is 4. The van der Waals surface area contributed by atoms with Crippen LogP contribution in [0.1, 0.15) is 42.4 Å². The summed E-state index contributed by atoms with van der Waals surface area (Å²) in [4.78, 5) is 11.1. The molecule has 1 heterocycles. The summed E-state index contributed by atoms with van der Waals surface area (Å²) < 4.78 is 26.5. The van der Waals surface area contributed by atoms with Crippen LogP contribution in [0.5, 0.6) is 0 Å². The molecule has 5 nitrogen and oxygen atoms in total. The lowest BCUT2D eigenvalue weighted by atomic mass is 10.3. The fraction of sp³-hybridized carbons (Fsp3) is 0.583. The molecule has 108 valence electrons. The van der Waals surface area contributed by atoms with Gasteiger partial charge in [0.05, 0.1) is 0 Å². The lowest BCUT2D eigenvalue weighted by Gasteiger charge is -2.25. The molecule has 0 saturated carbocycles. The summed E-state index contributed by atoms with van der Waals surface area (Å²) in [7, 11) is -3.61. The largest absolute Gasteiger partial charge is 0.477 e. The third kappa shape index (κ3) is 3.16. The van der Waals surface area contributed by atoms with E-state index in [-0.39, 0.29) is 15.1 Å². The minimum absolute atomic E-state index is 0.0822. The van der Waals surface area contributed by atoms with Crippen LogP contribution in [0.4, 0.5) is 0 Å². The molecule has 7 heteroatoms. The zero-order chi connectivity index (χ0) is 14.8. The third-order valence-electron chi connectivity index (χ3n) is 3.05. The van der Waals surface area contributed by atoms with Crippen molar-refractivity contribution in [3.8, 4) is 0 Å². The molecule has 0 aliphatic carbocycles.